The van der Waals surface area contributed by atoms with E-state index in [0.29, 0.717) is 0 Å². The fraction of sp³-hybridized carbons (Fsp3) is 0.0833. The van der Waals surface area contributed by atoms with Crippen molar-refractivity contribution in [2.24, 2.45) is 0 Å². The van der Waals surface area contributed by atoms with Gasteiger partial charge in [0.15, 0.2) is 5.82 Å². The quantitative estimate of drug-likeness (QED) is 0.795. The largest absolute Gasteiger partial charge is 0.377 e. The second kappa shape index (κ2) is 5.50. The SMILES string of the molecule is Brc1ccsc1CNc1cccnc1-n1cncn1. The van der Waals surface area contributed by atoms with Gasteiger partial charge >= 0.3 is 0 Å². The van der Waals surface area contributed by atoms with E-state index in [0.717, 1.165) is 22.5 Å². The minimum Gasteiger partial charge on any atom is -0.377 e. The van der Waals surface area contributed by atoms with E-state index in [9.17, 15) is 0 Å². The molecule has 0 fully saturated rings. The molecule has 1 N–H and O–H groups in total. The van der Waals surface area contributed by atoms with Crippen LogP contribution in [0.1, 0.15) is 4.88 Å². The normalized spacial score (nSPS) is 10.6. The fourth-order valence-electron chi connectivity index (χ4n) is 1.66. The molecule has 0 saturated heterocycles. The Bertz CT molecular complexity index is 664. The Hall–Kier alpha value is -1.73. The molecule has 19 heavy (non-hydrogen) atoms. The summed E-state index contributed by atoms with van der Waals surface area (Å²) < 4.78 is 2.77. The van der Waals surface area contributed by atoms with E-state index in [1.165, 1.54) is 11.2 Å². The number of hydrogen-bond acceptors (Lipinski definition) is 5. The number of thiophene rings is 1. The zero-order chi connectivity index (χ0) is 13.1. The summed E-state index contributed by atoms with van der Waals surface area (Å²) in [4.78, 5) is 9.52. The van der Waals surface area contributed by atoms with Gasteiger partial charge in [0.25, 0.3) is 0 Å². The molecular formula is C12H10BrN5S. The first-order chi connectivity index (χ1) is 9.34. The number of aromatic nitrogens is 4. The third kappa shape index (κ3) is 2.66. The van der Waals surface area contributed by atoms with Crippen molar-refractivity contribution in [2.45, 2.75) is 6.54 Å². The standard InChI is InChI=1S/C12H10BrN5S/c13-9-3-5-19-11(9)6-16-10-2-1-4-15-12(10)18-8-14-7-17-18/h1-5,7-8,16H,6H2. The Morgan fingerprint density at radius 3 is 3.05 bits per heavy atom. The van der Waals surface area contributed by atoms with Gasteiger partial charge < -0.3 is 5.32 Å². The Kier molecular flexibility index (Phi) is 3.56. The lowest BCUT2D eigenvalue weighted by molar-refractivity contribution is 0.845. The fourth-order valence-corrected chi connectivity index (χ4v) is 3.09. The number of hydrogen-bond donors (Lipinski definition) is 1. The maximum absolute atomic E-state index is 4.33. The highest BCUT2D eigenvalue weighted by molar-refractivity contribution is 9.10. The van der Waals surface area contributed by atoms with Crippen LogP contribution in [-0.2, 0) is 6.54 Å². The predicted molar refractivity (Wildman–Crippen MR) is 78.5 cm³/mol. The van der Waals surface area contributed by atoms with Gasteiger partial charge in [-0.1, -0.05) is 0 Å². The van der Waals surface area contributed by atoms with Crippen molar-refractivity contribution >= 4 is 33.0 Å². The number of halogens is 1. The second-order valence-corrected chi connectivity index (χ2v) is 5.61. The van der Waals surface area contributed by atoms with E-state index in [1.54, 1.807) is 28.5 Å². The molecule has 0 unspecified atom stereocenters. The highest BCUT2D eigenvalue weighted by Gasteiger charge is 2.07. The van der Waals surface area contributed by atoms with Gasteiger partial charge in [-0.2, -0.15) is 5.10 Å². The summed E-state index contributed by atoms with van der Waals surface area (Å²) in [7, 11) is 0. The molecular weight excluding hydrogens is 326 g/mol. The molecule has 96 valence electrons. The van der Waals surface area contributed by atoms with Crippen LogP contribution in [0.25, 0.3) is 5.82 Å². The van der Waals surface area contributed by atoms with E-state index >= 15 is 0 Å². The first-order valence-corrected chi connectivity index (χ1v) is 7.27. The maximum Gasteiger partial charge on any atom is 0.178 e. The number of nitrogens with zero attached hydrogens (tertiary/aromatic N) is 4. The van der Waals surface area contributed by atoms with Crippen molar-refractivity contribution in [2.75, 3.05) is 5.32 Å². The van der Waals surface area contributed by atoms with Gasteiger partial charge in [-0.05, 0) is 39.5 Å². The summed E-state index contributed by atoms with van der Waals surface area (Å²) in [6, 6.07) is 5.92. The Morgan fingerprint density at radius 1 is 1.37 bits per heavy atom. The highest BCUT2D eigenvalue weighted by atomic mass is 79.9. The summed E-state index contributed by atoms with van der Waals surface area (Å²) >= 11 is 5.23. The maximum atomic E-state index is 4.33. The lowest BCUT2D eigenvalue weighted by Gasteiger charge is -2.09. The number of anilines is 1. The molecule has 0 aliphatic rings. The molecule has 3 rings (SSSR count). The minimum absolute atomic E-state index is 0.742. The van der Waals surface area contributed by atoms with E-state index < -0.39 is 0 Å². The van der Waals surface area contributed by atoms with Crippen LogP contribution in [0, 0.1) is 0 Å². The van der Waals surface area contributed by atoms with Crippen LogP contribution in [0.5, 0.6) is 0 Å². The van der Waals surface area contributed by atoms with Crippen LogP contribution >= 0.6 is 27.3 Å². The van der Waals surface area contributed by atoms with Crippen LogP contribution in [0.15, 0.2) is 46.9 Å². The van der Waals surface area contributed by atoms with Gasteiger partial charge in [-0.3, -0.25) is 0 Å². The Morgan fingerprint density at radius 2 is 2.32 bits per heavy atom. The Labute approximate surface area is 122 Å². The zero-order valence-electron chi connectivity index (χ0n) is 9.82. The van der Waals surface area contributed by atoms with Crippen molar-refractivity contribution in [3.63, 3.8) is 0 Å². The van der Waals surface area contributed by atoms with E-state index in [1.807, 2.05) is 18.2 Å². The molecule has 0 saturated carbocycles. The first kappa shape index (κ1) is 12.3. The number of pyridine rings is 1. The van der Waals surface area contributed by atoms with Gasteiger partial charge in [0.05, 0.1) is 12.2 Å². The number of nitrogens with one attached hydrogen (secondary N) is 1. The van der Waals surface area contributed by atoms with Crippen LogP contribution in [0.4, 0.5) is 5.69 Å². The molecule has 0 aromatic carbocycles. The van der Waals surface area contributed by atoms with E-state index in [2.05, 4.69) is 41.7 Å². The molecule has 0 radical (unpaired) electrons. The molecule has 7 heteroatoms. The topological polar surface area (TPSA) is 55.6 Å². The molecule has 0 spiro atoms. The van der Waals surface area contributed by atoms with Crippen LogP contribution < -0.4 is 5.32 Å². The van der Waals surface area contributed by atoms with E-state index in [4.69, 9.17) is 0 Å². The number of rotatable bonds is 4. The molecule has 3 aromatic heterocycles. The van der Waals surface area contributed by atoms with Gasteiger partial charge in [0.2, 0.25) is 0 Å². The molecule has 0 atom stereocenters. The van der Waals surface area contributed by atoms with Crippen LogP contribution in [-0.4, -0.2) is 19.7 Å². The molecule has 0 aliphatic carbocycles. The van der Waals surface area contributed by atoms with Crippen molar-refractivity contribution in [1.29, 1.82) is 0 Å². The van der Waals surface area contributed by atoms with Gasteiger partial charge in [0.1, 0.15) is 12.7 Å². The molecule has 5 nitrogen and oxygen atoms in total. The van der Waals surface area contributed by atoms with Crippen molar-refractivity contribution < 1.29 is 0 Å². The summed E-state index contributed by atoms with van der Waals surface area (Å²) in [6.07, 6.45) is 4.87. The highest BCUT2D eigenvalue weighted by Crippen LogP contribution is 2.24. The van der Waals surface area contributed by atoms with Crippen LogP contribution in [0.2, 0.25) is 0 Å². The van der Waals surface area contributed by atoms with Gasteiger partial charge in [-0.15, -0.1) is 11.3 Å². The van der Waals surface area contributed by atoms with Crippen LogP contribution in [0.3, 0.4) is 0 Å². The van der Waals surface area contributed by atoms with E-state index in [-0.39, 0.29) is 0 Å². The van der Waals surface area contributed by atoms with Crippen molar-refractivity contribution in [1.82, 2.24) is 19.7 Å². The molecule has 0 amide bonds. The van der Waals surface area contributed by atoms with Crippen molar-refractivity contribution in [3.05, 3.63) is 51.8 Å². The average Bonchev–Trinajstić information content (AvgIpc) is 3.08. The van der Waals surface area contributed by atoms with Gasteiger partial charge in [0, 0.05) is 15.5 Å². The van der Waals surface area contributed by atoms with Gasteiger partial charge in [-0.25, -0.2) is 14.6 Å². The summed E-state index contributed by atoms with van der Waals surface area (Å²) in [5.74, 6) is 0.743. The van der Waals surface area contributed by atoms with Crippen molar-refractivity contribution in [3.8, 4) is 5.82 Å². The molecule has 0 aliphatic heterocycles. The third-order valence-electron chi connectivity index (χ3n) is 2.55. The molecule has 3 heterocycles. The summed E-state index contributed by atoms with van der Waals surface area (Å²) in [5.41, 5.74) is 0.924. The predicted octanol–water partition coefficient (Wildman–Crippen LogP) is 3.10. The lowest BCUT2D eigenvalue weighted by Crippen LogP contribution is -2.06. The molecule has 0 bridgehead atoms. The second-order valence-electron chi connectivity index (χ2n) is 3.76. The lowest BCUT2D eigenvalue weighted by atomic mass is 10.3. The Balaban J connectivity index is 1.84. The zero-order valence-corrected chi connectivity index (χ0v) is 12.2. The third-order valence-corrected chi connectivity index (χ3v) is 4.48. The monoisotopic (exact) mass is 335 g/mol. The molecule has 3 aromatic rings. The summed E-state index contributed by atoms with van der Waals surface area (Å²) in [6.45, 7) is 0.742. The minimum atomic E-state index is 0.742. The first-order valence-electron chi connectivity index (χ1n) is 5.60. The average molecular weight is 336 g/mol. The smallest absolute Gasteiger partial charge is 0.178 e. The summed E-state index contributed by atoms with van der Waals surface area (Å²) in [5, 5.41) is 9.54.